The number of hydrogen-bond donors (Lipinski definition) is 4. The Morgan fingerprint density at radius 3 is 2.25 bits per heavy atom. The van der Waals surface area contributed by atoms with Gasteiger partial charge in [-0.05, 0) is 54.5 Å². The van der Waals surface area contributed by atoms with Crippen LogP contribution in [0.3, 0.4) is 0 Å². The van der Waals surface area contributed by atoms with Gasteiger partial charge in [-0.1, -0.05) is 67.8 Å². The smallest absolute Gasteiger partial charge is 0.407 e. The van der Waals surface area contributed by atoms with Crippen molar-refractivity contribution in [1.82, 2.24) is 16.0 Å². The quantitative estimate of drug-likeness (QED) is 0.0999. The molecule has 0 radical (unpaired) electrons. The second-order valence-electron chi connectivity index (χ2n) is 10.1. The molecule has 40 heavy (non-hydrogen) atoms. The number of aliphatic imine (C=N–C) groups is 1. The molecular weight excluding hydrogens is 506 g/mol. The average molecular weight is 552 g/mol. The number of carbonyl (C=O) groups excluding carboxylic acids is 2. The van der Waals surface area contributed by atoms with Crippen molar-refractivity contribution >= 4 is 18.0 Å². The van der Waals surface area contributed by atoms with Crippen LogP contribution >= 0.6 is 0 Å². The van der Waals surface area contributed by atoms with Crippen LogP contribution in [-0.2, 0) is 14.3 Å². The first kappa shape index (κ1) is 30.9. The molecular formula is C31H45N5O4. The zero-order chi connectivity index (χ0) is 28.6. The summed E-state index contributed by atoms with van der Waals surface area (Å²) in [5.74, 6) is 0.296. The Bertz CT molecular complexity index is 1060. The summed E-state index contributed by atoms with van der Waals surface area (Å²) in [6, 6.07) is 16.6. The predicted molar refractivity (Wildman–Crippen MR) is 159 cm³/mol. The van der Waals surface area contributed by atoms with Crippen LogP contribution in [0.5, 0.6) is 0 Å². The zero-order valence-electron chi connectivity index (χ0n) is 23.9. The van der Waals surface area contributed by atoms with Crippen molar-refractivity contribution in [1.29, 1.82) is 0 Å². The number of nitrogens with two attached hydrogens (primary N) is 1. The van der Waals surface area contributed by atoms with Gasteiger partial charge in [0.25, 0.3) is 0 Å². The number of ether oxygens (including phenoxy) is 2. The van der Waals surface area contributed by atoms with Crippen molar-refractivity contribution in [3.8, 4) is 11.1 Å². The highest BCUT2D eigenvalue weighted by Gasteiger charge is 2.29. The number of esters is 1. The summed E-state index contributed by atoms with van der Waals surface area (Å²) in [6.45, 7) is 2.50. The lowest BCUT2D eigenvalue weighted by atomic mass is 9.98. The van der Waals surface area contributed by atoms with E-state index in [4.69, 9.17) is 10.5 Å². The standard InChI is InChI=1S/C31H45N5O4/c1-33-30(32)35-20-12-13-23(21-34-19-11-5-3-4-6-18-29(37)39-2)36-31(38)40-22-28-26-16-9-7-14-24(26)25-15-8-10-17-27(25)28/h7-10,14-17,23,28,34H,3-6,11-13,18-22H2,1-2H3,(H,36,38)(H3,32,33,35)/t23-/m0/s1. The van der Waals surface area contributed by atoms with Crippen LogP contribution in [0.2, 0.25) is 0 Å². The topological polar surface area (TPSA) is 127 Å². The van der Waals surface area contributed by atoms with E-state index in [9.17, 15) is 9.59 Å². The van der Waals surface area contributed by atoms with Gasteiger partial charge in [-0.2, -0.15) is 0 Å². The molecule has 1 aliphatic carbocycles. The number of carbonyl (C=O) groups is 2. The summed E-state index contributed by atoms with van der Waals surface area (Å²) in [5, 5.41) is 9.62. The van der Waals surface area contributed by atoms with E-state index in [1.807, 2.05) is 24.3 Å². The molecule has 2 aromatic carbocycles. The van der Waals surface area contributed by atoms with E-state index in [0.717, 1.165) is 51.5 Å². The third kappa shape index (κ3) is 9.86. The van der Waals surface area contributed by atoms with Gasteiger partial charge in [-0.3, -0.25) is 9.79 Å². The van der Waals surface area contributed by atoms with E-state index in [2.05, 4.69) is 49.9 Å². The first-order chi connectivity index (χ1) is 19.5. The summed E-state index contributed by atoms with van der Waals surface area (Å²) in [7, 11) is 3.07. The largest absolute Gasteiger partial charge is 0.469 e. The first-order valence-electron chi connectivity index (χ1n) is 14.4. The van der Waals surface area contributed by atoms with Gasteiger partial charge >= 0.3 is 12.1 Å². The molecule has 0 bridgehead atoms. The zero-order valence-corrected chi connectivity index (χ0v) is 23.9. The predicted octanol–water partition coefficient (Wildman–Crippen LogP) is 4.31. The summed E-state index contributed by atoms with van der Waals surface area (Å²) < 4.78 is 10.5. The SMILES string of the molecule is CN=C(N)NCCC[C@@H](CNCCCCCCCC(=O)OC)NC(=O)OCC1c2ccccc2-c2ccccc21. The van der Waals surface area contributed by atoms with Crippen LogP contribution in [0.15, 0.2) is 53.5 Å². The van der Waals surface area contributed by atoms with Crippen molar-refractivity contribution in [2.24, 2.45) is 10.7 Å². The summed E-state index contributed by atoms with van der Waals surface area (Å²) in [4.78, 5) is 28.0. The number of unbranched alkanes of at least 4 members (excludes halogenated alkanes) is 4. The molecule has 1 atom stereocenters. The number of nitrogens with zero attached hydrogens (tertiary/aromatic N) is 1. The molecule has 0 unspecified atom stereocenters. The Labute approximate surface area is 238 Å². The summed E-state index contributed by atoms with van der Waals surface area (Å²) in [6.07, 6.45) is 6.81. The highest BCUT2D eigenvalue weighted by Crippen LogP contribution is 2.44. The fourth-order valence-corrected chi connectivity index (χ4v) is 5.10. The van der Waals surface area contributed by atoms with Crippen LogP contribution in [0, 0.1) is 0 Å². The van der Waals surface area contributed by atoms with Gasteiger partial charge in [0.2, 0.25) is 0 Å². The fourth-order valence-electron chi connectivity index (χ4n) is 5.10. The van der Waals surface area contributed by atoms with Crippen LogP contribution in [0.4, 0.5) is 4.79 Å². The van der Waals surface area contributed by atoms with Gasteiger partial charge in [0.15, 0.2) is 5.96 Å². The molecule has 218 valence electrons. The Hall–Kier alpha value is -3.59. The van der Waals surface area contributed by atoms with Crippen molar-refractivity contribution < 1.29 is 19.1 Å². The van der Waals surface area contributed by atoms with Crippen LogP contribution < -0.4 is 21.7 Å². The highest BCUT2D eigenvalue weighted by atomic mass is 16.5. The lowest BCUT2D eigenvalue weighted by Crippen LogP contribution is -2.43. The highest BCUT2D eigenvalue weighted by molar-refractivity contribution is 5.79. The number of amides is 1. The van der Waals surface area contributed by atoms with E-state index in [-0.39, 0.29) is 17.9 Å². The minimum atomic E-state index is -0.401. The molecule has 0 saturated heterocycles. The maximum atomic E-state index is 12.9. The first-order valence-corrected chi connectivity index (χ1v) is 14.4. The molecule has 3 rings (SSSR count). The number of guanidine groups is 1. The Morgan fingerprint density at radius 1 is 0.925 bits per heavy atom. The van der Waals surface area contributed by atoms with E-state index < -0.39 is 6.09 Å². The molecule has 0 aromatic heterocycles. The van der Waals surface area contributed by atoms with Gasteiger partial charge in [-0.25, -0.2) is 4.79 Å². The number of alkyl carbamates (subject to hydrolysis) is 1. The maximum absolute atomic E-state index is 12.9. The van der Waals surface area contributed by atoms with Gasteiger partial charge in [0, 0.05) is 38.5 Å². The van der Waals surface area contributed by atoms with E-state index in [1.54, 1.807) is 7.05 Å². The van der Waals surface area contributed by atoms with E-state index in [1.165, 1.54) is 29.4 Å². The minimum Gasteiger partial charge on any atom is -0.469 e. The minimum absolute atomic E-state index is 0.0304. The normalized spacial score (nSPS) is 13.3. The van der Waals surface area contributed by atoms with Crippen molar-refractivity contribution in [3.63, 3.8) is 0 Å². The van der Waals surface area contributed by atoms with Crippen LogP contribution in [-0.4, -0.2) is 64.5 Å². The number of methoxy groups -OCH3 is 1. The maximum Gasteiger partial charge on any atom is 0.407 e. The molecule has 0 heterocycles. The molecule has 1 amide bonds. The van der Waals surface area contributed by atoms with E-state index in [0.29, 0.717) is 32.1 Å². The number of hydrogen-bond acceptors (Lipinski definition) is 6. The molecule has 2 aromatic rings. The summed E-state index contributed by atoms with van der Waals surface area (Å²) in [5.41, 5.74) is 10.5. The second kappa shape index (κ2) is 17.2. The second-order valence-corrected chi connectivity index (χ2v) is 10.1. The van der Waals surface area contributed by atoms with Crippen molar-refractivity contribution in [3.05, 3.63) is 59.7 Å². The lowest BCUT2D eigenvalue weighted by molar-refractivity contribution is -0.140. The van der Waals surface area contributed by atoms with Gasteiger partial charge in [-0.15, -0.1) is 0 Å². The van der Waals surface area contributed by atoms with Crippen LogP contribution in [0.25, 0.3) is 11.1 Å². The Kier molecular flexibility index (Phi) is 13.3. The van der Waals surface area contributed by atoms with Crippen molar-refractivity contribution in [2.75, 3.05) is 40.4 Å². The van der Waals surface area contributed by atoms with E-state index >= 15 is 0 Å². The molecule has 5 N–H and O–H groups in total. The number of nitrogens with one attached hydrogen (secondary N) is 3. The number of rotatable bonds is 17. The molecule has 0 fully saturated rings. The van der Waals surface area contributed by atoms with Gasteiger partial charge in [0.1, 0.15) is 6.61 Å². The monoisotopic (exact) mass is 551 g/mol. The number of fused-ring (bicyclic) bond motifs is 3. The third-order valence-electron chi connectivity index (χ3n) is 7.29. The molecule has 1 aliphatic rings. The fraction of sp³-hybridized carbons (Fsp3) is 0.516. The molecule has 0 saturated carbocycles. The van der Waals surface area contributed by atoms with Crippen LogP contribution in [0.1, 0.15) is 68.4 Å². The van der Waals surface area contributed by atoms with Gasteiger partial charge in [0.05, 0.1) is 7.11 Å². The molecule has 0 aliphatic heterocycles. The van der Waals surface area contributed by atoms with Crippen molar-refractivity contribution in [2.45, 2.75) is 63.3 Å². The average Bonchev–Trinajstić information content (AvgIpc) is 3.30. The third-order valence-corrected chi connectivity index (χ3v) is 7.29. The Balaban J connectivity index is 1.43. The molecule has 9 heteroatoms. The molecule has 9 nitrogen and oxygen atoms in total. The Morgan fingerprint density at radius 2 is 1.57 bits per heavy atom. The number of benzene rings is 2. The van der Waals surface area contributed by atoms with Gasteiger partial charge < -0.3 is 31.2 Å². The summed E-state index contributed by atoms with van der Waals surface area (Å²) >= 11 is 0. The lowest BCUT2D eigenvalue weighted by Gasteiger charge is -2.21. The molecule has 0 spiro atoms.